The summed E-state index contributed by atoms with van der Waals surface area (Å²) in [7, 11) is -1.92. The summed E-state index contributed by atoms with van der Waals surface area (Å²) in [4.78, 5) is 2.70. The Hall–Kier alpha value is -1.83. The molecule has 1 aromatic carbocycles. The highest BCUT2D eigenvalue weighted by Crippen LogP contribution is 2.23. The standard InChI is InChI=1S/C21H30N2O4S/c1-15-11-20(5-6-21(15)26-4)28(24,25)22-13-18-7-9-23(10-8-18)14-19-12-16(2)27-17(19)3/h5-6,11-12,18,22H,7-10,13-14H2,1-4H3. The van der Waals surface area contributed by atoms with Crippen LogP contribution in [-0.2, 0) is 16.6 Å². The van der Waals surface area contributed by atoms with Gasteiger partial charge in [0.2, 0.25) is 10.0 Å². The molecule has 1 aliphatic rings. The van der Waals surface area contributed by atoms with E-state index in [1.165, 1.54) is 5.56 Å². The van der Waals surface area contributed by atoms with Crippen molar-refractivity contribution in [2.45, 2.75) is 45.1 Å². The Morgan fingerprint density at radius 1 is 1.18 bits per heavy atom. The molecule has 0 aliphatic carbocycles. The summed E-state index contributed by atoms with van der Waals surface area (Å²) >= 11 is 0. The molecule has 1 fully saturated rings. The molecule has 3 rings (SSSR count). The first-order chi connectivity index (χ1) is 13.3. The van der Waals surface area contributed by atoms with Crippen LogP contribution in [0.15, 0.2) is 33.6 Å². The second-order valence-corrected chi connectivity index (χ2v) is 9.41. The van der Waals surface area contributed by atoms with E-state index < -0.39 is 10.0 Å². The molecule has 0 bridgehead atoms. The van der Waals surface area contributed by atoms with Crippen molar-refractivity contribution >= 4 is 10.0 Å². The van der Waals surface area contributed by atoms with E-state index >= 15 is 0 Å². The lowest BCUT2D eigenvalue weighted by Gasteiger charge is -2.31. The van der Waals surface area contributed by atoms with Gasteiger partial charge in [-0.1, -0.05) is 0 Å². The number of aryl methyl sites for hydroxylation is 3. The molecule has 0 amide bonds. The van der Waals surface area contributed by atoms with Gasteiger partial charge in [0.05, 0.1) is 12.0 Å². The van der Waals surface area contributed by atoms with E-state index in [0.717, 1.165) is 49.6 Å². The van der Waals surface area contributed by atoms with E-state index in [-0.39, 0.29) is 4.90 Å². The van der Waals surface area contributed by atoms with Crippen LogP contribution in [0.1, 0.15) is 35.5 Å². The van der Waals surface area contributed by atoms with Crippen molar-refractivity contribution in [3.05, 3.63) is 46.9 Å². The Bertz CT molecular complexity index is 912. The Morgan fingerprint density at radius 2 is 1.89 bits per heavy atom. The third kappa shape index (κ3) is 4.96. The quantitative estimate of drug-likeness (QED) is 0.763. The summed E-state index contributed by atoms with van der Waals surface area (Å²) in [6.45, 7) is 9.13. The Kier molecular flexibility index (Phi) is 6.47. The summed E-state index contributed by atoms with van der Waals surface area (Å²) in [5, 5.41) is 0. The van der Waals surface area contributed by atoms with Gasteiger partial charge in [-0.05, 0) is 82.4 Å². The number of hydrogen-bond donors (Lipinski definition) is 1. The number of furan rings is 1. The van der Waals surface area contributed by atoms with Crippen LogP contribution in [0.5, 0.6) is 5.75 Å². The minimum atomic E-state index is -3.50. The molecule has 0 saturated carbocycles. The first-order valence-corrected chi connectivity index (χ1v) is 11.2. The van der Waals surface area contributed by atoms with Crippen molar-refractivity contribution in [1.82, 2.24) is 9.62 Å². The van der Waals surface area contributed by atoms with E-state index in [0.29, 0.717) is 18.2 Å². The number of methoxy groups -OCH3 is 1. The number of sulfonamides is 1. The molecule has 0 atom stereocenters. The second-order valence-electron chi connectivity index (χ2n) is 7.64. The fourth-order valence-electron chi connectivity index (χ4n) is 3.76. The number of nitrogens with zero attached hydrogens (tertiary/aromatic N) is 1. The molecule has 0 unspecified atom stereocenters. The van der Waals surface area contributed by atoms with Crippen LogP contribution in [0.3, 0.4) is 0 Å². The van der Waals surface area contributed by atoms with E-state index in [1.54, 1.807) is 25.3 Å². The molecule has 1 aliphatic heterocycles. The predicted octanol–water partition coefficient (Wildman–Crippen LogP) is 3.40. The summed E-state index contributed by atoms with van der Waals surface area (Å²) in [6, 6.07) is 7.04. The number of hydrogen-bond acceptors (Lipinski definition) is 5. The molecule has 2 aromatic rings. The van der Waals surface area contributed by atoms with Crippen LogP contribution >= 0.6 is 0 Å². The van der Waals surface area contributed by atoms with E-state index in [1.807, 2.05) is 20.8 Å². The maximum atomic E-state index is 12.6. The minimum Gasteiger partial charge on any atom is -0.496 e. The number of piperidine rings is 1. The fraction of sp³-hybridized carbons (Fsp3) is 0.524. The lowest BCUT2D eigenvalue weighted by Crippen LogP contribution is -2.38. The van der Waals surface area contributed by atoms with Crippen molar-refractivity contribution in [2.24, 2.45) is 5.92 Å². The van der Waals surface area contributed by atoms with E-state index in [2.05, 4.69) is 15.7 Å². The molecule has 7 heteroatoms. The van der Waals surface area contributed by atoms with E-state index in [4.69, 9.17) is 9.15 Å². The zero-order valence-corrected chi connectivity index (χ0v) is 17.9. The van der Waals surface area contributed by atoms with Gasteiger partial charge in [0.25, 0.3) is 0 Å². The highest BCUT2D eigenvalue weighted by Gasteiger charge is 2.23. The van der Waals surface area contributed by atoms with Gasteiger partial charge < -0.3 is 9.15 Å². The molecule has 2 heterocycles. The molecule has 28 heavy (non-hydrogen) atoms. The molecular formula is C21H30N2O4S. The minimum absolute atomic E-state index is 0.286. The smallest absolute Gasteiger partial charge is 0.240 e. The number of nitrogens with one attached hydrogen (secondary N) is 1. The second kappa shape index (κ2) is 8.68. The average Bonchev–Trinajstić information content (AvgIpc) is 2.98. The van der Waals surface area contributed by atoms with Crippen LogP contribution < -0.4 is 9.46 Å². The topological polar surface area (TPSA) is 71.8 Å². The number of benzene rings is 1. The zero-order chi connectivity index (χ0) is 20.3. The normalized spacial score (nSPS) is 16.4. The van der Waals surface area contributed by atoms with Crippen molar-refractivity contribution < 1.29 is 17.6 Å². The first-order valence-electron chi connectivity index (χ1n) is 9.71. The molecular weight excluding hydrogens is 376 g/mol. The molecule has 1 N–H and O–H groups in total. The molecule has 0 spiro atoms. The summed E-state index contributed by atoms with van der Waals surface area (Å²) in [5.74, 6) is 2.99. The van der Waals surface area contributed by atoms with Crippen molar-refractivity contribution in [3.63, 3.8) is 0 Å². The highest BCUT2D eigenvalue weighted by molar-refractivity contribution is 7.89. The Morgan fingerprint density at radius 3 is 2.46 bits per heavy atom. The third-order valence-electron chi connectivity index (χ3n) is 5.48. The number of ether oxygens (including phenoxy) is 1. The SMILES string of the molecule is COc1ccc(S(=O)(=O)NCC2CCN(Cc3cc(C)oc3C)CC2)cc1C. The van der Waals surface area contributed by atoms with Gasteiger partial charge in [0.1, 0.15) is 17.3 Å². The molecule has 1 aromatic heterocycles. The zero-order valence-electron chi connectivity index (χ0n) is 17.1. The van der Waals surface area contributed by atoms with Crippen molar-refractivity contribution in [2.75, 3.05) is 26.7 Å². The monoisotopic (exact) mass is 406 g/mol. The molecule has 1 saturated heterocycles. The number of rotatable bonds is 7. The van der Waals surface area contributed by atoms with Crippen LogP contribution in [0.4, 0.5) is 0 Å². The fourth-order valence-corrected chi connectivity index (χ4v) is 4.96. The first kappa shape index (κ1) is 20.9. The summed E-state index contributed by atoms with van der Waals surface area (Å²) < 4.78 is 38.8. The van der Waals surface area contributed by atoms with Gasteiger partial charge in [0, 0.05) is 18.7 Å². The van der Waals surface area contributed by atoms with Gasteiger partial charge >= 0.3 is 0 Å². The molecule has 154 valence electrons. The maximum Gasteiger partial charge on any atom is 0.240 e. The van der Waals surface area contributed by atoms with Gasteiger partial charge in [-0.2, -0.15) is 0 Å². The molecule has 0 radical (unpaired) electrons. The van der Waals surface area contributed by atoms with E-state index in [9.17, 15) is 8.42 Å². The highest BCUT2D eigenvalue weighted by atomic mass is 32.2. The van der Waals surface area contributed by atoms with Crippen LogP contribution in [-0.4, -0.2) is 40.1 Å². The van der Waals surface area contributed by atoms with Gasteiger partial charge in [-0.15, -0.1) is 0 Å². The molecule has 6 nitrogen and oxygen atoms in total. The van der Waals surface area contributed by atoms with Crippen LogP contribution in [0.2, 0.25) is 0 Å². The van der Waals surface area contributed by atoms with Gasteiger partial charge in [-0.25, -0.2) is 13.1 Å². The predicted molar refractivity (Wildman–Crippen MR) is 109 cm³/mol. The lowest BCUT2D eigenvalue weighted by atomic mass is 9.97. The average molecular weight is 407 g/mol. The summed E-state index contributed by atoms with van der Waals surface area (Å²) in [6.07, 6.45) is 1.97. The summed E-state index contributed by atoms with van der Waals surface area (Å²) in [5.41, 5.74) is 2.05. The van der Waals surface area contributed by atoms with Crippen molar-refractivity contribution in [3.8, 4) is 5.75 Å². The third-order valence-corrected chi connectivity index (χ3v) is 6.90. The number of likely N-dealkylation sites (tertiary alicyclic amines) is 1. The Balaban J connectivity index is 1.50. The van der Waals surface area contributed by atoms with Gasteiger partial charge in [0.15, 0.2) is 0 Å². The Labute approximate surface area is 167 Å². The van der Waals surface area contributed by atoms with Gasteiger partial charge in [-0.3, -0.25) is 4.90 Å². The maximum absolute atomic E-state index is 12.6. The van der Waals surface area contributed by atoms with Crippen LogP contribution in [0, 0.1) is 26.7 Å². The lowest BCUT2D eigenvalue weighted by molar-refractivity contribution is 0.178. The van der Waals surface area contributed by atoms with Crippen LogP contribution in [0.25, 0.3) is 0 Å². The van der Waals surface area contributed by atoms with Crippen molar-refractivity contribution in [1.29, 1.82) is 0 Å². The largest absolute Gasteiger partial charge is 0.496 e.